The molecule has 0 N–H and O–H groups in total. The largest absolute Gasteiger partial charge is 0.497 e. The molecule has 92 valence electrons. The molecule has 0 saturated carbocycles. The normalized spacial score (nSPS) is 19.8. The minimum atomic E-state index is 0.255. The van der Waals surface area contributed by atoms with Crippen molar-refractivity contribution in [1.29, 1.82) is 0 Å². The Kier molecular flexibility index (Phi) is 4.05. The van der Waals surface area contributed by atoms with Gasteiger partial charge in [-0.1, -0.05) is 28.1 Å². The second kappa shape index (κ2) is 5.54. The highest BCUT2D eigenvalue weighted by atomic mass is 79.9. The van der Waals surface area contributed by atoms with Crippen LogP contribution in [-0.4, -0.2) is 29.8 Å². The zero-order valence-corrected chi connectivity index (χ0v) is 11.4. The fourth-order valence-electron chi connectivity index (χ4n) is 2.06. The van der Waals surface area contributed by atoms with E-state index in [1.807, 2.05) is 29.2 Å². The number of methoxy groups -OCH3 is 1. The molecule has 0 aliphatic carbocycles. The molecule has 1 heterocycles. The molecule has 1 atom stereocenters. The van der Waals surface area contributed by atoms with E-state index in [1.165, 1.54) is 0 Å². The summed E-state index contributed by atoms with van der Waals surface area (Å²) in [7, 11) is 1.65. The summed E-state index contributed by atoms with van der Waals surface area (Å²) in [6.45, 7) is 1.56. The van der Waals surface area contributed by atoms with E-state index < -0.39 is 0 Å². The first-order valence-electron chi connectivity index (χ1n) is 5.69. The van der Waals surface area contributed by atoms with Gasteiger partial charge in [-0.2, -0.15) is 0 Å². The topological polar surface area (TPSA) is 29.5 Å². The van der Waals surface area contributed by atoms with Crippen LogP contribution in [0.4, 0.5) is 0 Å². The summed E-state index contributed by atoms with van der Waals surface area (Å²) >= 11 is 3.44. The molecule has 2 rings (SSSR count). The highest BCUT2D eigenvalue weighted by Gasteiger charge is 2.28. The van der Waals surface area contributed by atoms with Gasteiger partial charge in [-0.25, -0.2) is 0 Å². The van der Waals surface area contributed by atoms with E-state index in [1.54, 1.807) is 7.11 Å². The smallest absolute Gasteiger partial charge is 0.223 e. The highest BCUT2D eigenvalue weighted by molar-refractivity contribution is 9.09. The highest BCUT2D eigenvalue weighted by Crippen LogP contribution is 2.22. The first-order chi connectivity index (χ1) is 8.22. The Morgan fingerprint density at radius 2 is 2.12 bits per heavy atom. The summed E-state index contributed by atoms with van der Waals surface area (Å²) in [6, 6.07) is 7.87. The first kappa shape index (κ1) is 12.4. The van der Waals surface area contributed by atoms with E-state index in [2.05, 4.69) is 15.9 Å². The number of alkyl halides is 1. The zero-order chi connectivity index (χ0) is 12.3. The van der Waals surface area contributed by atoms with Crippen LogP contribution in [0.1, 0.15) is 12.0 Å². The maximum Gasteiger partial charge on any atom is 0.223 e. The Labute approximate surface area is 110 Å². The minimum absolute atomic E-state index is 0.255. The van der Waals surface area contributed by atoms with E-state index in [0.29, 0.717) is 18.9 Å². The fraction of sp³-hybridized carbons (Fsp3) is 0.462. The molecule has 1 aromatic carbocycles. The van der Waals surface area contributed by atoms with Gasteiger partial charge in [0.15, 0.2) is 0 Å². The summed E-state index contributed by atoms with van der Waals surface area (Å²) in [5.74, 6) is 1.56. The van der Waals surface area contributed by atoms with Gasteiger partial charge in [0.1, 0.15) is 5.75 Å². The Balaban J connectivity index is 1.98. The Morgan fingerprint density at radius 3 is 2.65 bits per heavy atom. The van der Waals surface area contributed by atoms with Crippen LogP contribution in [0.2, 0.25) is 0 Å². The van der Waals surface area contributed by atoms with Crippen LogP contribution < -0.4 is 4.74 Å². The molecule has 1 saturated heterocycles. The molecule has 0 radical (unpaired) electrons. The number of carbonyl (C=O) groups is 1. The number of ether oxygens (including phenoxy) is 1. The Morgan fingerprint density at radius 1 is 1.41 bits per heavy atom. The average molecular weight is 298 g/mol. The van der Waals surface area contributed by atoms with Gasteiger partial charge in [0, 0.05) is 24.8 Å². The number of amides is 1. The van der Waals surface area contributed by atoms with Gasteiger partial charge in [-0.3, -0.25) is 4.79 Å². The van der Waals surface area contributed by atoms with Gasteiger partial charge < -0.3 is 9.64 Å². The summed E-state index contributed by atoms with van der Waals surface area (Å²) in [4.78, 5) is 13.7. The lowest BCUT2D eigenvalue weighted by Gasteiger charge is -2.16. The minimum Gasteiger partial charge on any atom is -0.497 e. The van der Waals surface area contributed by atoms with Crippen molar-refractivity contribution >= 4 is 21.8 Å². The van der Waals surface area contributed by atoms with Crippen LogP contribution in [0.5, 0.6) is 5.75 Å². The molecule has 1 fully saturated rings. The van der Waals surface area contributed by atoms with E-state index in [0.717, 1.165) is 23.2 Å². The van der Waals surface area contributed by atoms with Gasteiger partial charge in [-0.05, 0) is 23.6 Å². The third-order valence-electron chi connectivity index (χ3n) is 3.05. The number of nitrogens with zero attached hydrogens (tertiary/aromatic N) is 1. The molecular formula is C13H16BrNO2. The lowest BCUT2D eigenvalue weighted by atomic mass is 10.2. The van der Waals surface area contributed by atoms with Crippen molar-refractivity contribution in [1.82, 2.24) is 4.90 Å². The lowest BCUT2D eigenvalue weighted by molar-refractivity contribution is -0.128. The van der Waals surface area contributed by atoms with Gasteiger partial charge >= 0.3 is 0 Å². The molecule has 1 amide bonds. The number of carbonyl (C=O) groups excluding carboxylic acids is 1. The van der Waals surface area contributed by atoms with Crippen molar-refractivity contribution in [3.8, 4) is 5.75 Å². The maximum atomic E-state index is 11.8. The first-order valence-corrected chi connectivity index (χ1v) is 6.81. The van der Waals surface area contributed by atoms with Crippen molar-refractivity contribution in [3.05, 3.63) is 29.8 Å². The number of hydrogen-bond donors (Lipinski definition) is 0. The van der Waals surface area contributed by atoms with Crippen LogP contribution in [0.25, 0.3) is 0 Å². The van der Waals surface area contributed by atoms with Crippen molar-refractivity contribution in [2.24, 2.45) is 5.92 Å². The van der Waals surface area contributed by atoms with E-state index in [-0.39, 0.29) is 5.91 Å². The molecule has 3 nitrogen and oxygen atoms in total. The molecular weight excluding hydrogens is 282 g/mol. The molecule has 1 unspecified atom stereocenters. The molecule has 0 spiro atoms. The monoisotopic (exact) mass is 297 g/mol. The van der Waals surface area contributed by atoms with Gasteiger partial charge in [-0.15, -0.1) is 0 Å². The molecule has 0 bridgehead atoms. The summed E-state index contributed by atoms with van der Waals surface area (Å²) in [5.41, 5.74) is 1.15. The number of benzene rings is 1. The van der Waals surface area contributed by atoms with Crippen molar-refractivity contribution < 1.29 is 9.53 Å². The van der Waals surface area contributed by atoms with Gasteiger partial charge in [0.25, 0.3) is 0 Å². The van der Waals surface area contributed by atoms with Crippen LogP contribution >= 0.6 is 15.9 Å². The van der Waals surface area contributed by atoms with Crippen LogP contribution in [0, 0.1) is 5.92 Å². The quantitative estimate of drug-likeness (QED) is 0.799. The number of halogens is 1. The predicted molar refractivity (Wildman–Crippen MR) is 70.3 cm³/mol. The van der Waals surface area contributed by atoms with Crippen LogP contribution in [0.15, 0.2) is 24.3 Å². The summed E-state index contributed by atoms with van der Waals surface area (Å²) in [6.07, 6.45) is 0.668. The molecule has 1 aliphatic rings. The third-order valence-corrected chi connectivity index (χ3v) is 3.96. The van der Waals surface area contributed by atoms with E-state index in [4.69, 9.17) is 4.74 Å². The second-order valence-corrected chi connectivity index (χ2v) is 4.99. The standard InChI is InChI=1S/C13H16BrNO2/c1-17-12-4-2-10(3-5-12)8-15-9-11(7-14)6-13(15)16/h2-5,11H,6-9H2,1H3. The molecule has 4 heteroatoms. The van der Waals surface area contributed by atoms with E-state index >= 15 is 0 Å². The van der Waals surface area contributed by atoms with Crippen molar-refractivity contribution in [2.75, 3.05) is 19.0 Å². The number of rotatable bonds is 4. The third kappa shape index (κ3) is 3.00. The summed E-state index contributed by atoms with van der Waals surface area (Å²) in [5, 5.41) is 0.901. The van der Waals surface area contributed by atoms with Crippen molar-refractivity contribution in [2.45, 2.75) is 13.0 Å². The summed E-state index contributed by atoms with van der Waals surface area (Å²) < 4.78 is 5.11. The molecule has 1 aromatic rings. The average Bonchev–Trinajstić information content (AvgIpc) is 2.71. The second-order valence-electron chi connectivity index (χ2n) is 4.35. The van der Waals surface area contributed by atoms with Gasteiger partial charge in [0.05, 0.1) is 7.11 Å². The molecule has 17 heavy (non-hydrogen) atoms. The van der Waals surface area contributed by atoms with Crippen LogP contribution in [-0.2, 0) is 11.3 Å². The molecule has 1 aliphatic heterocycles. The van der Waals surface area contributed by atoms with Crippen molar-refractivity contribution in [3.63, 3.8) is 0 Å². The number of hydrogen-bond acceptors (Lipinski definition) is 2. The maximum absolute atomic E-state index is 11.8. The van der Waals surface area contributed by atoms with E-state index in [9.17, 15) is 4.79 Å². The Hall–Kier alpha value is -1.03. The lowest BCUT2D eigenvalue weighted by Crippen LogP contribution is -2.24. The SMILES string of the molecule is COc1ccc(CN2CC(CBr)CC2=O)cc1. The number of likely N-dealkylation sites (tertiary alicyclic amines) is 1. The van der Waals surface area contributed by atoms with Crippen LogP contribution in [0.3, 0.4) is 0 Å². The fourth-order valence-corrected chi connectivity index (χ4v) is 2.50. The molecule has 0 aromatic heterocycles. The Bertz CT molecular complexity index is 391. The zero-order valence-electron chi connectivity index (χ0n) is 9.86. The predicted octanol–water partition coefficient (Wildman–Crippen LogP) is 2.44. The van der Waals surface area contributed by atoms with Gasteiger partial charge in [0.2, 0.25) is 5.91 Å².